The summed E-state index contributed by atoms with van der Waals surface area (Å²) in [5.41, 5.74) is 4.91. The molecular weight excluding hydrogens is 447 g/mol. The van der Waals surface area contributed by atoms with Crippen LogP contribution in [0.15, 0.2) is 84.0 Å². The molecule has 3 heterocycles. The van der Waals surface area contributed by atoms with E-state index in [1.54, 1.807) is 37.3 Å². The molecular formula is C27H23FN4OS. The zero-order valence-electron chi connectivity index (χ0n) is 18.9. The molecule has 7 heteroatoms. The van der Waals surface area contributed by atoms with Gasteiger partial charge in [0.1, 0.15) is 17.2 Å². The second-order valence-electron chi connectivity index (χ2n) is 7.86. The van der Waals surface area contributed by atoms with Crippen molar-refractivity contribution in [1.82, 2.24) is 19.5 Å². The number of rotatable bonds is 7. The number of thioether (sulfide) groups is 1. The standard InChI is InChI=1S/C27H23FN4OS/c1-18-31-23-15-30-27(33-2)25(20-11-7-4-8-12-20)26(23)32(18)16-24-22(28)13-21(14-29-24)34-17-19-9-5-3-6-10-19/h3-15H,16-17H2,1-2H3. The SMILES string of the molecule is COc1ncc2nc(C)n(Cc3ncc(SCc4ccccc4)cc3F)c2c1-c1ccccc1. The van der Waals surface area contributed by atoms with Crippen molar-refractivity contribution in [3.8, 4) is 17.0 Å². The number of pyridine rings is 2. The van der Waals surface area contributed by atoms with E-state index in [9.17, 15) is 0 Å². The third kappa shape index (κ3) is 4.39. The van der Waals surface area contributed by atoms with Gasteiger partial charge in [0, 0.05) is 16.8 Å². The largest absolute Gasteiger partial charge is 0.480 e. The number of hydrogen-bond acceptors (Lipinski definition) is 5. The molecule has 0 amide bonds. The first-order valence-electron chi connectivity index (χ1n) is 10.9. The number of ether oxygens (including phenoxy) is 1. The molecule has 0 saturated heterocycles. The first-order chi connectivity index (χ1) is 16.6. The molecule has 2 aromatic carbocycles. The summed E-state index contributed by atoms with van der Waals surface area (Å²) in [4.78, 5) is 14.4. The van der Waals surface area contributed by atoms with E-state index in [4.69, 9.17) is 4.74 Å². The van der Waals surface area contributed by atoms with Crippen molar-refractivity contribution >= 4 is 22.8 Å². The van der Waals surface area contributed by atoms with Crippen molar-refractivity contribution in [1.29, 1.82) is 0 Å². The Morgan fingerprint density at radius 3 is 2.41 bits per heavy atom. The molecule has 34 heavy (non-hydrogen) atoms. The van der Waals surface area contributed by atoms with Crippen molar-refractivity contribution in [2.24, 2.45) is 0 Å². The molecule has 170 valence electrons. The fourth-order valence-corrected chi connectivity index (χ4v) is 4.81. The van der Waals surface area contributed by atoms with Gasteiger partial charge in [0.25, 0.3) is 0 Å². The number of aryl methyl sites for hydroxylation is 1. The van der Waals surface area contributed by atoms with Crippen molar-refractivity contribution < 1.29 is 9.13 Å². The van der Waals surface area contributed by atoms with Crippen LogP contribution in [0.5, 0.6) is 5.88 Å². The highest BCUT2D eigenvalue weighted by molar-refractivity contribution is 7.98. The van der Waals surface area contributed by atoms with Gasteiger partial charge in [-0.1, -0.05) is 60.7 Å². The quantitative estimate of drug-likeness (QED) is 0.262. The van der Waals surface area contributed by atoms with Crippen LogP contribution in [0.4, 0.5) is 4.39 Å². The fraction of sp³-hybridized carbons (Fsp3) is 0.148. The number of hydrogen-bond donors (Lipinski definition) is 0. The van der Waals surface area contributed by atoms with Crippen LogP contribution in [-0.2, 0) is 12.3 Å². The maximum atomic E-state index is 15.1. The van der Waals surface area contributed by atoms with Crippen LogP contribution in [-0.4, -0.2) is 26.6 Å². The lowest BCUT2D eigenvalue weighted by molar-refractivity contribution is 0.400. The molecule has 0 bridgehead atoms. The van der Waals surface area contributed by atoms with Crippen LogP contribution in [0.3, 0.4) is 0 Å². The summed E-state index contributed by atoms with van der Waals surface area (Å²) in [5.74, 6) is 1.69. The third-order valence-corrected chi connectivity index (χ3v) is 6.68. The van der Waals surface area contributed by atoms with Gasteiger partial charge in [-0.25, -0.2) is 14.4 Å². The van der Waals surface area contributed by atoms with Crippen LogP contribution in [0.1, 0.15) is 17.1 Å². The molecule has 0 unspecified atom stereocenters. The second-order valence-corrected chi connectivity index (χ2v) is 8.91. The summed E-state index contributed by atoms with van der Waals surface area (Å²) >= 11 is 1.57. The molecule has 0 fully saturated rings. The van der Waals surface area contributed by atoms with E-state index in [0.29, 0.717) is 11.6 Å². The maximum absolute atomic E-state index is 15.1. The van der Waals surface area contributed by atoms with Gasteiger partial charge in [0.15, 0.2) is 0 Å². The average molecular weight is 471 g/mol. The highest BCUT2D eigenvalue weighted by atomic mass is 32.2. The monoisotopic (exact) mass is 470 g/mol. The second kappa shape index (κ2) is 9.65. The minimum atomic E-state index is -0.332. The zero-order valence-corrected chi connectivity index (χ0v) is 19.7. The highest BCUT2D eigenvalue weighted by Crippen LogP contribution is 2.36. The molecule has 3 aromatic heterocycles. The lowest BCUT2D eigenvalue weighted by atomic mass is 10.1. The summed E-state index contributed by atoms with van der Waals surface area (Å²) < 4.78 is 22.7. The Balaban J connectivity index is 1.50. The Morgan fingerprint density at radius 2 is 1.71 bits per heavy atom. The molecule has 0 aliphatic heterocycles. The van der Waals surface area contributed by atoms with Crippen LogP contribution in [0.25, 0.3) is 22.2 Å². The molecule has 5 aromatic rings. The van der Waals surface area contributed by atoms with Crippen LogP contribution < -0.4 is 4.74 Å². The first kappa shape index (κ1) is 22.1. The van der Waals surface area contributed by atoms with Crippen LogP contribution >= 0.6 is 11.8 Å². The van der Waals surface area contributed by atoms with Gasteiger partial charge < -0.3 is 9.30 Å². The van der Waals surface area contributed by atoms with Gasteiger partial charge in [-0.15, -0.1) is 11.8 Å². The number of halogens is 1. The lowest BCUT2D eigenvalue weighted by Gasteiger charge is -2.13. The van der Waals surface area contributed by atoms with E-state index in [-0.39, 0.29) is 12.4 Å². The van der Waals surface area contributed by atoms with Gasteiger partial charge in [-0.2, -0.15) is 0 Å². The van der Waals surface area contributed by atoms with Gasteiger partial charge in [0.05, 0.1) is 36.6 Å². The van der Waals surface area contributed by atoms with Gasteiger partial charge >= 0.3 is 0 Å². The molecule has 0 spiro atoms. The summed E-state index contributed by atoms with van der Waals surface area (Å²) in [6.07, 6.45) is 3.43. The van der Waals surface area contributed by atoms with Gasteiger partial charge in [-0.3, -0.25) is 4.98 Å². The Kier molecular flexibility index (Phi) is 6.27. The Bertz CT molecular complexity index is 1440. The summed E-state index contributed by atoms with van der Waals surface area (Å²) in [7, 11) is 1.60. The normalized spacial score (nSPS) is 11.1. The minimum Gasteiger partial charge on any atom is -0.480 e. The number of fused-ring (bicyclic) bond motifs is 1. The van der Waals surface area contributed by atoms with E-state index in [0.717, 1.165) is 38.6 Å². The van der Waals surface area contributed by atoms with Crippen molar-refractivity contribution in [2.75, 3.05) is 7.11 Å². The first-order valence-corrected chi connectivity index (χ1v) is 11.9. The van der Waals surface area contributed by atoms with Crippen LogP contribution in [0, 0.1) is 12.7 Å². The number of benzene rings is 2. The predicted molar refractivity (Wildman–Crippen MR) is 134 cm³/mol. The molecule has 0 atom stereocenters. The number of nitrogens with zero attached hydrogens (tertiary/aromatic N) is 4. The van der Waals surface area contributed by atoms with Crippen molar-refractivity contribution in [2.45, 2.75) is 24.1 Å². The smallest absolute Gasteiger partial charge is 0.223 e. The van der Waals surface area contributed by atoms with Crippen molar-refractivity contribution in [3.05, 3.63) is 102 Å². The molecule has 0 N–H and O–H groups in total. The van der Waals surface area contributed by atoms with E-state index < -0.39 is 0 Å². The third-order valence-electron chi connectivity index (χ3n) is 5.64. The van der Waals surface area contributed by atoms with E-state index in [1.165, 1.54) is 5.56 Å². The fourth-order valence-electron chi connectivity index (χ4n) is 3.97. The Labute approximate surface area is 201 Å². The van der Waals surface area contributed by atoms with Gasteiger partial charge in [0.2, 0.25) is 5.88 Å². The summed E-state index contributed by atoms with van der Waals surface area (Å²) in [6.45, 7) is 2.16. The highest BCUT2D eigenvalue weighted by Gasteiger charge is 2.20. The van der Waals surface area contributed by atoms with Gasteiger partial charge in [-0.05, 0) is 24.1 Å². The summed E-state index contributed by atoms with van der Waals surface area (Å²) in [5, 5.41) is 0. The number of aromatic nitrogens is 4. The molecule has 0 saturated carbocycles. The number of methoxy groups -OCH3 is 1. The Hall–Kier alpha value is -3.71. The zero-order chi connectivity index (χ0) is 23.5. The Morgan fingerprint density at radius 1 is 0.971 bits per heavy atom. The average Bonchev–Trinajstić information content (AvgIpc) is 3.19. The van der Waals surface area contributed by atoms with E-state index >= 15 is 4.39 Å². The molecule has 5 nitrogen and oxygen atoms in total. The lowest BCUT2D eigenvalue weighted by Crippen LogP contribution is -2.07. The topological polar surface area (TPSA) is 52.8 Å². The molecule has 5 rings (SSSR count). The molecule has 0 aliphatic carbocycles. The predicted octanol–water partition coefficient (Wildman–Crippen LogP) is 6.29. The van der Waals surface area contributed by atoms with Crippen LogP contribution in [0.2, 0.25) is 0 Å². The maximum Gasteiger partial charge on any atom is 0.223 e. The van der Waals surface area contributed by atoms with E-state index in [1.807, 2.05) is 60.0 Å². The van der Waals surface area contributed by atoms with Crippen molar-refractivity contribution in [3.63, 3.8) is 0 Å². The summed E-state index contributed by atoms with van der Waals surface area (Å²) in [6, 6.07) is 21.6. The van der Waals surface area contributed by atoms with E-state index in [2.05, 4.69) is 27.1 Å². The minimum absolute atomic E-state index is 0.255. The molecule has 0 radical (unpaired) electrons. The number of imidazole rings is 1. The molecule has 0 aliphatic rings.